The molecule has 4 atom stereocenters. The van der Waals surface area contributed by atoms with Gasteiger partial charge in [0.15, 0.2) is 0 Å². The second-order valence-electron chi connectivity index (χ2n) is 12.8. The molecule has 4 N–H and O–H groups in total. The Hall–Kier alpha value is -5.05. The summed E-state index contributed by atoms with van der Waals surface area (Å²) in [5.74, 6) is -2.49. The minimum atomic E-state index is -0.937. The predicted octanol–water partition coefficient (Wildman–Crippen LogP) is 6.98. The first kappa shape index (κ1) is 32.9. The third-order valence-corrected chi connectivity index (χ3v) is 9.48. The van der Waals surface area contributed by atoms with Crippen LogP contribution in [0.2, 0.25) is 0 Å². The Morgan fingerprint density at radius 2 is 1.60 bits per heavy atom. The van der Waals surface area contributed by atoms with Crippen molar-refractivity contribution in [1.29, 1.82) is 0 Å². The van der Waals surface area contributed by atoms with Crippen LogP contribution >= 0.6 is 0 Å². The van der Waals surface area contributed by atoms with Gasteiger partial charge in [-0.25, -0.2) is 0 Å². The number of phenols is 1. The van der Waals surface area contributed by atoms with E-state index in [-0.39, 0.29) is 30.1 Å². The Balaban J connectivity index is 1.25. The van der Waals surface area contributed by atoms with Gasteiger partial charge in [-0.2, -0.15) is 0 Å². The second-order valence-corrected chi connectivity index (χ2v) is 12.8. The molecule has 8 heteroatoms. The van der Waals surface area contributed by atoms with E-state index in [2.05, 4.69) is 10.3 Å². The number of para-hydroxylation sites is 1. The number of benzene rings is 3. The molecule has 2 heterocycles. The minimum absolute atomic E-state index is 0.00717. The number of aromatic hydroxyl groups is 1. The van der Waals surface area contributed by atoms with Crippen molar-refractivity contribution < 1.29 is 24.9 Å². The number of anilines is 3. The molecule has 1 saturated heterocycles. The highest BCUT2D eigenvalue weighted by Crippen LogP contribution is 2.49. The quantitative estimate of drug-likeness (QED) is 0.103. The highest BCUT2D eigenvalue weighted by atomic mass is 16.3. The predicted molar refractivity (Wildman–Crippen MR) is 188 cm³/mol. The third kappa shape index (κ3) is 6.81. The maximum atomic E-state index is 14.1. The van der Waals surface area contributed by atoms with Crippen molar-refractivity contribution in [2.24, 2.45) is 23.7 Å². The Morgan fingerprint density at radius 1 is 0.917 bits per heavy atom. The van der Waals surface area contributed by atoms with Crippen molar-refractivity contribution in [3.05, 3.63) is 126 Å². The van der Waals surface area contributed by atoms with Gasteiger partial charge in [0.1, 0.15) is 5.75 Å². The van der Waals surface area contributed by atoms with Gasteiger partial charge < -0.3 is 20.6 Å². The number of aliphatic hydroxyl groups is 2. The number of carbonyl (C=O) groups is 2. The van der Waals surface area contributed by atoms with Gasteiger partial charge in [0.25, 0.3) is 0 Å². The standard InChI is InChI=1S/C40H41N3O5/c1-25(2)32-23-33-38(40(48)43(39(33)47)30-16-14-29(15-17-30)42-28-8-4-3-5-9-28)34(24-44)37(32)36(46)20-13-27(35-10-6-7-21-41-35)22-26-11-18-31(45)19-12-26/h3-12,14-19,21-22,25,33-34,36,38,42,44-46H,13,20,23-24H2,1-2H3/b27-22-/t33-,34+,36-,38-/m1/s1. The van der Waals surface area contributed by atoms with Crippen molar-refractivity contribution >= 4 is 40.5 Å². The number of rotatable bonds is 11. The zero-order valence-corrected chi connectivity index (χ0v) is 27.2. The average molecular weight is 644 g/mol. The summed E-state index contributed by atoms with van der Waals surface area (Å²) in [6, 6.07) is 29.5. The molecule has 8 nitrogen and oxygen atoms in total. The highest BCUT2D eigenvalue weighted by molar-refractivity contribution is 6.22. The summed E-state index contributed by atoms with van der Waals surface area (Å²) in [6.45, 7) is 3.70. The number of hydrogen-bond acceptors (Lipinski definition) is 7. The normalized spacial score (nSPS) is 20.3. The molecule has 1 aromatic heterocycles. The maximum Gasteiger partial charge on any atom is 0.238 e. The lowest BCUT2D eigenvalue weighted by Crippen LogP contribution is -2.39. The summed E-state index contributed by atoms with van der Waals surface area (Å²) in [4.78, 5) is 33.8. The maximum absolute atomic E-state index is 14.1. The summed E-state index contributed by atoms with van der Waals surface area (Å²) in [5, 5.41) is 35.7. The fraction of sp³-hybridized carbons (Fsp3) is 0.275. The van der Waals surface area contributed by atoms with Crippen molar-refractivity contribution in [1.82, 2.24) is 4.98 Å². The summed E-state index contributed by atoms with van der Waals surface area (Å²) in [5.41, 5.74) is 6.41. The van der Waals surface area contributed by atoms with Crippen LogP contribution in [0, 0.1) is 23.7 Å². The van der Waals surface area contributed by atoms with Crippen LogP contribution in [0.5, 0.6) is 5.75 Å². The number of nitrogens with zero attached hydrogens (tertiary/aromatic N) is 2. The number of pyridine rings is 1. The van der Waals surface area contributed by atoms with Crippen LogP contribution in [0.1, 0.15) is 44.4 Å². The molecule has 0 unspecified atom stereocenters. The Morgan fingerprint density at radius 3 is 2.25 bits per heavy atom. The van der Waals surface area contributed by atoms with E-state index >= 15 is 0 Å². The van der Waals surface area contributed by atoms with Crippen molar-refractivity contribution in [3.63, 3.8) is 0 Å². The molecule has 0 radical (unpaired) electrons. The van der Waals surface area contributed by atoms with Crippen molar-refractivity contribution in [2.45, 2.75) is 39.2 Å². The first-order valence-corrected chi connectivity index (χ1v) is 16.5. The summed E-state index contributed by atoms with van der Waals surface area (Å²) in [6.07, 6.45) is 3.94. The first-order valence-electron chi connectivity index (χ1n) is 16.5. The number of aromatic nitrogens is 1. The molecular formula is C40H41N3O5. The molecule has 0 spiro atoms. The van der Waals surface area contributed by atoms with Crippen molar-refractivity contribution in [2.75, 3.05) is 16.8 Å². The molecule has 6 rings (SSSR count). The Bertz CT molecular complexity index is 1800. The fourth-order valence-electron chi connectivity index (χ4n) is 7.13. The number of phenolic OH excluding ortho intramolecular Hbond substituents is 1. The summed E-state index contributed by atoms with van der Waals surface area (Å²) in [7, 11) is 0. The van der Waals surface area contributed by atoms with E-state index in [9.17, 15) is 24.9 Å². The second kappa shape index (κ2) is 14.4. The van der Waals surface area contributed by atoms with Gasteiger partial charge in [-0.05, 0) is 109 Å². The number of hydrogen-bond donors (Lipinski definition) is 4. The van der Waals surface area contributed by atoms with Gasteiger partial charge in [0.2, 0.25) is 11.8 Å². The number of allylic oxidation sites excluding steroid dienone is 2. The largest absolute Gasteiger partial charge is 0.508 e. The van der Waals surface area contributed by atoms with E-state index < -0.39 is 23.9 Å². The van der Waals surface area contributed by atoms with Crippen LogP contribution in [0.4, 0.5) is 17.1 Å². The lowest BCUT2D eigenvalue weighted by Gasteiger charge is -2.38. The van der Waals surface area contributed by atoms with Crippen LogP contribution in [0.3, 0.4) is 0 Å². The summed E-state index contributed by atoms with van der Waals surface area (Å²) >= 11 is 0. The van der Waals surface area contributed by atoms with E-state index in [0.29, 0.717) is 30.5 Å². The number of aliphatic hydroxyl groups excluding tert-OH is 2. The molecule has 1 aliphatic carbocycles. The topological polar surface area (TPSA) is 123 Å². The molecular weight excluding hydrogens is 602 g/mol. The SMILES string of the molecule is CC(C)C1=C([C@H](O)CC/C(=C/c2ccc(O)cc2)c2ccccn2)[C@H](CO)[C@@H]2C(=O)N(c3ccc(Nc4ccccc4)cc3)C(=O)[C@@H]2C1. The molecule has 2 aliphatic rings. The smallest absolute Gasteiger partial charge is 0.238 e. The zero-order chi connectivity index (χ0) is 33.8. The van der Waals surface area contributed by atoms with Gasteiger partial charge in [-0.15, -0.1) is 0 Å². The first-order chi connectivity index (χ1) is 23.2. The van der Waals surface area contributed by atoms with Crippen molar-refractivity contribution in [3.8, 4) is 5.75 Å². The average Bonchev–Trinajstić information content (AvgIpc) is 3.36. The molecule has 1 aliphatic heterocycles. The number of imide groups is 1. The van der Waals surface area contributed by atoms with Crippen LogP contribution < -0.4 is 10.2 Å². The van der Waals surface area contributed by atoms with E-state index in [1.807, 2.05) is 92.7 Å². The zero-order valence-electron chi connectivity index (χ0n) is 27.2. The molecule has 4 aromatic rings. The third-order valence-electron chi connectivity index (χ3n) is 9.48. The minimum Gasteiger partial charge on any atom is -0.508 e. The van der Waals surface area contributed by atoms with Gasteiger partial charge >= 0.3 is 0 Å². The summed E-state index contributed by atoms with van der Waals surface area (Å²) < 4.78 is 0. The molecule has 0 bridgehead atoms. The lowest BCUT2D eigenvalue weighted by molar-refractivity contribution is -0.123. The Kier molecular flexibility index (Phi) is 9.85. The van der Waals surface area contributed by atoms with E-state index in [1.54, 1.807) is 30.5 Å². The van der Waals surface area contributed by atoms with Crippen LogP contribution in [-0.4, -0.2) is 44.8 Å². The lowest BCUT2D eigenvalue weighted by atomic mass is 9.66. The highest BCUT2D eigenvalue weighted by Gasteiger charge is 2.55. The molecule has 48 heavy (non-hydrogen) atoms. The van der Waals surface area contributed by atoms with E-state index in [0.717, 1.165) is 33.8 Å². The van der Waals surface area contributed by atoms with Crippen LogP contribution in [-0.2, 0) is 9.59 Å². The van der Waals surface area contributed by atoms with Gasteiger partial charge in [0, 0.05) is 23.5 Å². The molecule has 0 saturated carbocycles. The number of carbonyl (C=O) groups excluding carboxylic acids is 2. The molecule has 3 aromatic carbocycles. The van der Waals surface area contributed by atoms with E-state index in [1.165, 1.54) is 4.90 Å². The molecule has 1 fully saturated rings. The monoisotopic (exact) mass is 643 g/mol. The van der Waals surface area contributed by atoms with Gasteiger partial charge in [-0.3, -0.25) is 19.5 Å². The van der Waals surface area contributed by atoms with Crippen LogP contribution in [0.25, 0.3) is 11.6 Å². The molecule has 246 valence electrons. The fourth-order valence-corrected chi connectivity index (χ4v) is 7.13. The number of amides is 2. The van der Waals surface area contributed by atoms with Gasteiger partial charge in [-0.1, -0.05) is 55.8 Å². The van der Waals surface area contributed by atoms with E-state index in [4.69, 9.17) is 0 Å². The number of fused-ring (bicyclic) bond motifs is 1. The Labute approximate surface area is 281 Å². The number of nitrogens with one attached hydrogen (secondary N) is 1. The van der Waals surface area contributed by atoms with Gasteiger partial charge in [0.05, 0.1) is 35.9 Å². The van der Waals surface area contributed by atoms with Crippen LogP contribution in [0.15, 0.2) is 114 Å². The molecule has 2 amide bonds.